The van der Waals surface area contributed by atoms with Crippen molar-refractivity contribution in [2.75, 3.05) is 5.32 Å². The summed E-state index contributed by atoms with van der Waals surface area (Å²) in [6.07, 6.45) is -0.309. The van der Waals surface area contributed by atoms with Crippen LogP contribution in [0.1, 0.15) is 74.9 Å². The van der Waals surface area contributed by atoms with Gasteiger partial charge in [-0.15, -0.1) is 0 Å². The van der Waals surface area contributed by atoms with Crippen molar-refractivity contribution in [3.63, 3.8) is 0 Å². The molecule has 286 valence electrons. The highest BCUT2D eigenvalue weighted by Gasteiger charge is 2.62. The summed E-state index contributed by atoms with van der Waals surface area (Å²) in [4.78, 5) is 41.0. The number of aromatic amines is 1. The summed E-state index contributed by atoms with van der Waals surface area (Å²) in [7, 11) is 0. The van der Waals surface area contributed by atoms with Crippen molar-refractivity contribution < 1.29 is 28.3 Å². The molecule has 3 aromatic heterocycles. The van der Waals surface area contributed by atoms with Gasteiger partial charge in [0.15, 0.2) is 28.6 Å². The minimum Gasteiger partial charge on any atom is -0.469 e. The Hall–Kier alpha value is -5.01. The van der Waals surface area contributed by atoms with Gasteiger partial charge in [-0.25, -0.2) is 4.98 Å². The summed E-state index contributed by atoms with van der Waals surface area (Å²) in [6, 6.07) is 13.5. The number of hydrogen-bond acceptors (Lipinski definition) is 9. The molecule has 3 aromatic carbocycles. The topological polar surface area (TPSA) is 168 Å². The fraction of sp³-hybridized carbons (Fsp3) is 0.317. The number of hydrogen-bond donors (Lipinski definition) is 5. The number of carbonyl (C=O) groups is 2. The van der Waals surface area contributed by atoms with Crippen molar-refractivity contribution in [1.29, 1.82) is 0 Å². The van der Waals surface area contributed by atoms with Gasteiger partial charge in [0.2, 0.25) is 11.8 Å². The van der Waals surface area contributed by atoms with Crippen molar-refractivity contribution in [3.05, 3.63) is 92.2 Å². The molecule has 0 saturated carbocycles. The van der Waals surface area contributed by atoms with E-state index >= 15 is 0 Å². The average molecular weight is 814 g/mol. The van der Waals surface area contributed by atoms with E-state index in [-0.39, 0.29) is 53.6 Å². The van der Waals surface area contributed by atoms with Crippen LogP contribution in [0.25, 0.3) is 44.9 Å². The molecule has 4 aliphatic rings. The van der Waals surface area contributed by atoms with Gasteiger partial charge in [-0.05, 0) is 54.2 Å². The van der Waals surface area contributed by atoms with Gasteiger partial charge < -0.3 is 39.6 Å². The molecule has 0 radical (unpaired) electrons. The van der Waals surface area contributed by atoms with E-state index in [1.165, 1.54) is 0 Å². The largest absolute Gasteiger partial charge is 0.469 e. The molecule has 0 saturated heterocycles. The second-order valence-corrected chi connectivity index (χ2v) is 16.4. The second-order valence-electron chi connectivity index (χ2n) is 15.3. The number of H-pyrrole nitrogens is 1. The lowest BCUT2D eigenvalue weighted by Gasteiger charge is -2.30. The second kappa shape index (κ2) is 12.2. The number of benzene rings is 3. The molecule has 1 spiro atoms. The predicted octanol–water partition coefficient (Wildman–Crippen LogP) is 8.30. The summed E-state index contributed by atoms with van der Waals surface area (Å²) in [5.41, 5.74) is 3.16. The fourth-order valence-corrected chi connectivity index (χ4v) is 9.56. The Labute approximate surface area is 335 Å². The highest BCUT2D eigenvalue weighted by atomic mass is 35.5. The van der Waals surface area contributed by atoms with Crippen LogP contribution in [0.3, 0.4) is 0 Å². The van der Waals surface area contributed by atoms with Crippen molar-refractivity contribution in [1.82, 2.24) is 25.6 Å². The van der Waals surface area contributed by atoms with Gasteiger partial charge >= 0.3 is 0 Å². The Kier molecular flexibility index (Phi) is 7.74. The zero-order valence-electron chi connectivity index (χ0n) is 30.6. The van der Waals surface area contributed by atoms with Crippen LogP contribution in [0.5, 0.6) is 5.75 Å². The van der Waals surface area contributed by atoms with Crippen molar-refractivity contribution >= 4 is 63.2 Å². The van der Waals surface area contributed by atoms with Crippen LogP contribution in [0, 0.1) is 5.92 Å². The van der Waals surface area contributed by atoms with Crippen molar-refractivity contribution in [2.24, 2.45) is 5.92 Å². The molecule has 5 N–H and O–H groups in total. The van der Waals surface area contributed by atoms with Crippen LogP contribution in [0.15, 0.2) is 57.4 Å². The van der Waals surface area contributed by atoms with Crippen molar-refractivity contribution in [3.8, 4) is 39.8 Å². The summed E-state index contributed by atoms with van der Waals surface area (Å²) in [6.45, 7) is 7.32. The summed E-state index contributed by atoms with van der Waals surface area (Å²) < 4.78 is 20.4. The van der Waals surface area contributed by atoms with Crippen LogP contribution < -0.4 is 20.7 Å². The fourth-order valence-electron chi connectivity index (χ4n) is 8.85. The standard InChI is InChI=1S/C41H35Cl3N6O6/c1-5-40(53,6-2)38(52)46-24-13-17-10-11-25-21(12-17)41-22-15-18(42)14-20(29(22)49-39(41)54-25)19-8-7-9-23-26(19)27(33(43)45-23)31-34(44)50-37(55-31)30-32(41)56-36(48-30)28(16(3)4)47-35(24)51/h7-12,14-16,24,28,39,45,49,53H,5-6,13H2,1-4H3,(H,46,52)(H,47,51)/t24-,28-,39?,41+/m0/s1. The summed E-state index contributed by atoms with van der Waals surface area (Å²) >= 11 is 21.0. The molecule has 4 atom stereocenters. The number of nitrogens with one attached hydrogen (secondary N) is 4. The van der Waals surface area contributed by atoms with Gasteiger partial charge in [0, 0.05) is 44.7 Å². The Balaban J connectivity index is 1.30. The average Bonchev–Trinajstić information content (AvgIpc) is 3.98. The van der Waals surface area contributed by atoms with Gasteiger partial charge in [0.25, 0.3) is 11.8 Å². The quantitative estimate of drug-likeness (QED) is 0.115. The van der Waals surface area contributed by atoms with E-state index in [1.54, 1.807) is 13.8 Å². The van der Waals surface area contributed by atoms with E-state index in [0.29, 0.717) is 32.8 Å². The monoisotopic (exact) mass is 812 g/mol. The molecule has 15 heteroatoms. The van der Waals surface area contributed by atoms with Crippen LogP contribution >= 0.6 is 34.8 Å². The predicted molar refractivity (Wildman–Crippen MR) is 211 cm³/mol. The zero-order valence-corrected chi connectivity index (χ0v) is 32.8. The summed E-state index contributed by atoms with van der Waals surface area (Å²) in [5.74, 6) is 0.0389. The Bertz CT molecular complexity index is 2680. The number of ether oxygens (including phenoxy) is 1. The van der Waals surface area contributed by atoms with Crippen LogP contribution in [-0.2, 0) is 21.4 Å². The number of aliphatic hydroxyl groups is 1. The Morgan fingerprint density at radius 1 is 1.04 bits per heavy atom. The molecule has 1 unspecified atom stereocenters. The molecule has 10 rings (SSSR count). The van der Waals surface area contributed by atoms with Crippen LogP contribution in [0.4, 0.5) is 5.69 Å². The lowest BCUT2D eigenvalue weighted by Crippen LogP contribution is -2.55. The molecule has 6 aromatic rings. The van der Waals surface area contributed by atoms with E-state index in [4.69, 9.17) is 58.3 Å². The molecular formula is C41H35Cl3N6O6. The van der Waals surface area contributed by atoms with Gasteiger partial charge in [-0.1, -0.05) is 86.8 Å². The van der Waals surface area contributed by atoms with Gasteiger partial charge in [-0.2, -0.15) is 4.98 Å². The van der Waals surface area contributed by atoms with Gasteiger partial charge in [-0.3, -0.25) is 9.59 Å². The molecule has 2 amide bonds. The zero-order chi connectivity index (χ0) is 39.0. The number of amides is 2. The maximum Gasteiger partial charge on any atom is 0.252 e. The first-order chi connectivity index (χ1) is 26.9. The Morgan fingerprint density at radius 2 is 1.84 bits per heavy atom. The number of rotatable bonds is 5. The first kappa shape index (κ1) is 35.4. The van der Waals surface area contributed by atoms with E-state index in [1.807, 2.05) is 62.4 Å². The van der Waals surface area contributed by atoms with E-state index < -0.39 is 41.1 Å². The van der Waals surface area contributed by atoms with E-state index in [9.17, 15) is 14.7 Å². The number of anilines is 1. The first-order valence-electron chi connectivity index (χ1n) is 18.6. The van der Waals surface area contributed by atoms with Crippen molar-refractivity contribution in [2.45, 2.75) is 76.3 Å². The molecule has 0 fully saturated rings. The molecule has 0 aliphatic carbocycles. The maximum atomic E-state index is 14.3. The number of halogens is 3. The smallest absolute Gasteiger partial charge is 0.252 e. The third kappa shape index (κ3) is 4.76. The molecule has 12 nitrogen and oxygen atoms in total. The third-order valence-corrected chi connectivity index (χ3v) is 12.6. The normalized spacial score (nSPS) is 21.5. The minimum absolute atomic E-state index is 0.0628. The highest BCUT2D eigenvalue weighted by molar-refractivity contribution is 6.38. The van der Waals surface area contributed by atoms with Gasteiger partial charge in [0.05, 0.1) is 5.56 Å². The van der Waals surface area contributed by atoms with Crippen LogP contribution in [-0.4, -0.2) is 49.7 Å². The molecule has 7 heterocycles. The number of nitrogens with zero attached hydrogens (tertiary/aromatic N) is 2. The number of aromatic nitrogens is 3. The maximum absolute atomic E-state index is 14.3. The SMILES string of the molecule is CCC(O)(CC)C(=O)N[C@H]1Cc2ccc3c(c2)[C@]24c5cc(Cl)cc(c5NC2O3)-c2cccc3[nH]c(Cl)c(c23)-c2oc(nc2Cl)-c2nc(oc24)[C@H](C(C)C)NC1=O. The Morgan fingerprint density at radius 3 is 2.61 bits per heavy atom. The molecule has 10 bridgehead atoms. The lowest BCUT2D eigenvalue weighted by molar-refractivity contribution is -0.143. The highest BCUT2D eigenvalue weighted by Crippen LogP contribution is 2.62. The lowest BCUT2D eigenvalue weighted by atomic mass is 9.72. The van der Waals surface area contributed by atoms with E-state index in [0.717, 1.165) is 38.8 Å². The number of oxazole rings is 2. The van der Waals surface area contributed by atoms with Crippen LogP contribution in [0.2, 0.25) is 15.3 Å². The first-order valence-corrected chi connectivity index (χ1v) is 19.7. The van der Waals surface area contributed by atoms with E-state index in [2.05, 4.69) is 20.9 Å². The van der Waals surface area contributed by atoms with Gasteiger partial charge in [0.1, 0.15) is 34.0 Å². The summed E-state index contributed by atoms with van der Waals surface area (Å²) in [5, 5.41) is 22.4. The molecule has 56 heavy (non-hydrogen) atoms. The molecule has 4 aliphatic heterocycles. The minimum atomic E-state index is -1.65. The third-order valence-electron chi connectivity index (χ3n) is 11.9. The number of carbonyl (C=O) groups excluding carboxylic acids is 2. The number of fused-ring (bicyclic) bond motifs is 7. The molecular weight excluding hydrogens is 779 g/mol.